The maximum Gasteiger partial charge on any atom is 0.294 e. The molecule has 4 aliphatic heterocycles. The smallest absolute Gasteiger partial charge is 0.294 e. The minimum Gasteiger partial charge on any atom is -0.744 e. The average molecular weight is 1070 g/mol. The zero-order valence-electron chi connectivity index (χ0n) is 41.5. The van der Waals surface area contributed by atoms with Gasteiger partial charge in [-0.05, 0) is 94.3 Å². The largest absolute Gasteiger partial charge is 0.744 e. The van der Waals surface area contributed by atoms with Gasteiger partial charge in [-0.1, -0.05) is 50.3 Å². The summed E-state index contributed by atoms with van der Waals surface area (Å²) < 4.78 is 108. The van der Waals surface area contributed by atoms with Gasteiger partial charge in [0.05, 0.1) is 27.5 Å². The number of imide groups is 1. The van der Waals surface area contributed by atoms with E-state index in [1.54, 1.807) is 24.3 Å². The fraction of sp³-hybridized carbons (Fsp3) is 0.529. The molecule has 2 unspecified atom stereocenters. The molecule has 0 spiro atoms. The molecular weight excluding hydrogens is 1000 g/mol. The predicted molar refractivity (Wildman–Crippen MR) is 272 cm³/mol. The zero-order chi connectivity index (χ0) is 53.2. The minimum atomic E-state index is -4.85. The van der Waals surface area contributed by atoms with Crippen molar-refractivity contribution in [2.45, 2.75) is 144 Å². The molecule has 6 rings (SSSR count). The lowest BCUT2D eigenvalue weighted by molar-refractivity contribution is -0.437. The van der Waals surface area contributed by atoms with Gasteiger partial charge >= 0.3 is 0 Å². The lowest BCUT2D eigenvalue weighted by Gasteiger charge is -2.30. The second kappa shape index (κ2) is 24.3. The van der Waals surface area contributed by atoms with E-state index < -0.39 is 46.9 Å². The second-order valence-electron chi connectivity index (χ2n) is 19.6. The molecule has 0 saturated carbocycles. The number of allylic oxidation sites excluding steroid dienone is 6. The molecule has 0 aliphatic carbocycles. The maximum atomic E-state index is 12.8. The SMILES string of the molecule is CC1(CCCCCC(=O)CN2C(=O)CCC2=O)C2=CC=CC=CC3=[N+](CCCS(=O)(=O)O)c4ccc(S(=O)(=O)O)cc4C3(C)CCCCCC(=O)NCCNC(=O)CCCCCN2c2ccc(S(=O)(=O)[O-])cc21. The molecule has 22 heteroatoms. The summed E-state index contributed by atoms with van der Waals surface area (Å²) in [5.74, 6) is -1.79. The topological polar surface area (TPSA) is 285 Å². The Bertz CT molecular complexity index is 2920. The van der Waals surface area contributed by atoms with Crippen LogP contribution in [0.2, 0.25) is 0 Å². The summed E-state index contributed by atoms with van der Waals surface area (Å²) >= 11 is 0. The number of nitrogens with one attached hydrogen (secondary N) is 2. The molecule has 19 nitrogen and oxygen atoms in total. The molecule has 2 atom stereocenters. The van der Waals surface area contributed by atoms with E-state index in [2.05, 4.69) is 15.5 Å². The van der Waals surface area contributed by atoms with E-state index in [-0.39, 0.29) is 104 Å². The number of ketones is 1. The molecule has 4 N–H and O–H groups in total. The van der Waals surface area contributed by atoms with Crippen LogP contribution >= 0.6 is 0 Å². The normalized spacial score (nSPS) is 22.2. The lowest BCUT2D eigenvalue weighted by atomic mass is 9.75. The van der Waals surface area contributed by atoms with Crippen molar-refractivity contribution in [3.63, 3.8) is 0 Å². The molecule has 4 heterocycles. The van der Waals surface area contributed by atoms with E-state index >= 15 is 0 Å². The highest BCUT2D eigenvalue weighted by molar-refractivity contribution is 7.86. The fourth-order valence-electron chi connectivity index (χ4n) is 10.4. The predicted octanol–water partition coefficient (Wildman–Crippen LogP) is 5.67. The van der Waals surface area contributed by atoms with Crippen molar-refractivity contribution in [1.82, 2.24) is 15.5 Å². The Morgan fingerprint density at radius 2 is 1.38 bits per heavy atom. The Labute approximate surface area is 428 Å². The van der Waals surface area contributed by atoms with Crippen LogP contribution in [0.5, 0.6) is 0 Å². The number of nitrogens with zero attached hydrogens (tertiary/aromatic N) is 3. The van der Waals surface area contributed by atoms with Crippen LogP contribution in [0.25, 0.3) is 0 Å². The van der Waals surface area contributed by atoms with Crippen LogP contribution in [-0.2, 0) is 65.2 Å². The van der Waals surface area contributed by atoms with Crippen molar-refractivity contribution in [3.05, 3.63) is 83.6 Å². The Balaban J connectivity index is 1.37. The molecule has 1 saturated heterocycles. The molecule has 73 heavy (non-hydrogen) atoms. The highest BCUT2D eigenvalue weighted by Crippen LogP contribution is 2.52. The third-order valence-corrected chi connectivity index (χ3v) is 16.8. The fourth-order valence-corrected chi connectivity index (χ4v) is 11.9. The molecule has 0 aromatic heterocycles. The zero-order valence-corrected chi connectivity index (χ0v) is 43.9. The number of carbonyl (C=O) groups excluding carboxylic acids is 5. The molecule has 2 aromatic carbocycles. The summed E-state index contributed by atoms with van der Waals surface area (Å²) in [5.41, 5.74) is 2.25. The van der Waals surface area contributed by atoms with Crippen LogP contribution in [0.3, 0.4) is 0 Å². The summed E-state index contributed by atoms with van der Waals surface area (Å²) in [4.78, 5) is 64.8. The number of amides is 4. The van der Waals surface area contributed by atoms with Crippen LogP contribution in [0, 0.1) is 0 Å². The first kappa shape index (κ1) is 56.9. The van der Waals surface area contributed by atoms with E-state index in [0.29, 0.717) is 105 Å². The number of benzene rings is 2. The minimum absolute atomic E-state index is 0.0216. The third kappa shape index (κ3) is 14.7. The number of carbonyl (C=O) groups is 5. The van der Waals surface area contributed by atoms with Crippen molar-refractivity contribution in [2.24, 2.45) is 0 Å². The van der Waals surface area contributed by atoms with Gasteiger partial charge in [-0.3, -0.25) is 38.0 Å². The van der Waals surface area contributed by atoms with E-state index in [1.165, 1.54) is 24.3 Å². The molecule has 4 aliphatic rings. The van der Waals surface area contributed by atoms with Gasteiger partial charge in [-0.25, -0.2) is 8.42 Å². The summed E-state index contributed by atoms with van der Waals surface area (Å²) in [6, 6.07) is 8.59. The number of likely N-dealkylation sites (tertiary alicyclic amines) is 1. The Morgan fingerprint density at radius 3 is 2.03 bits per heavy atom. The van der Waals surface area contributed by atoms with Crippen molar-refractivity contribution in [2.75, 3.05) is 43.4 Å². The van der Waals surface area contributed by atoms with Crippen molar-refractivity contribution >= 4 is 76.9 Å². The molecular formula is C51H67N5O14S3. The van der Waals surface area contributed by atoms with Gasteiger partial charge in [0, 0.05) is 92.7 Å². The average Bonchev–Trinajstić information content (AvgIpc) is 3.84. The number of fused-ring (bicyclic) bond motifs is 6. The van der Waals surface area contributed by atoms with Gasteiger partial charge in [0.2, 0.25) is 29.3 Å². The van der Waals surface area contributed by atoms with Gasteiger partial charge in [0.1, 0.15) is 16.7 Å². The summed E-state index contributed by atoms with van der Waals surface area (Å²) in [7, 11) is -13.8. The van der Waals surface area contributed by atoms with E-state index in [0.717, 1.165) is 10.6 Å². The van der Waals surface area contributed by atoms with Gasteiger partial charge < -0.3 is 20.1 Å². The van der Waals surface area contributed by atoms with E-state index in [9.17, 15) is 62.9 Å². The summed E-state index contributed by atoms with van der Waals surface area (Å²) in [5, 5.41) is 5.69. The molecule has 1 fully saturated rings. The Kier molecular flexibility index (Phi) is 18.9. The van der Waals surface area contributed by atoms with Gasteiger partial charge in [0.25, 0.3) is 20.2 Å². The highest BCUT2D eigenvalue weighted by Gasteiger charge is 2.48. The summed E-state index contributed by atoms with van der Waals surface area (Å²) in [6.07, 6.45) is 16.3. The first-order valence-electron chi connectivity index (χ1n) is 25.0. The van der Waals surface area contributed by atoms with Crippen LogP contribution in [-0.4, -0.2) is 122 Å². The number of rotatable bonds is 14. The molecule has 4 amide bonds. The van der Waals surface area contributed by atoms with E-state index in [4.69, 9.17) is 0 Å². The number of anilines is 1. The first-order valence-corrected chi connectivity index (χ1v) is 29.4. The lowest BCUT2D eigenvalue weighted by Crippen LogP contribution is -2.34. The number of unbranched alkanes of at least 4 members (excludes halogenated alkanes) is 2. The van der Waals surface area contributed by atoms with Crippen LogP contribution in [0.15, 0.2) is 82.3 Å². The molecule has 2 aromatic rings. The number of Topliss-reactive ketones (excluding diaryl/α,β-unsaturated/α-hetero) is 1. The van der Waals surface area contributed by atoms with Crippen molar-refractivity contribution in [1.29, 1.82) is 0 Å². The van der Waals surface area contributed by atoms with Gasteiger partial charge in [0.15, 0.2) is 11.5 Å². The van der Waals surface area contributed by atoms with Crippen molar-refractivity contribution < 1.29 is 67.5 Å². The van der Waals surface area contributed by atoms with Gasteiger partial charge in [-0.15, -0.1) is 0 Å². The quantitative estimate of drug-likeness (QED) is 0.0767. The van der Waals surface area contributed by atoms with Crippen LogP contribution < -0.4 is 15.5 Å². The first-order chi connectivity index (χ1) is 34.4. The number of hydrogen-bond donors (Lipinski definition) is 4. The standard InChI is InChI=1S/C51H67N5O14S3/c1-50(27-12-4-7-16-37(57)36-56-48(60)25-26-49(56)61)40-34-38(72(65,66)67)21-23-42(40)54-31-14-6-11-20-47(59)53-30-29-52-46(58)19-10-5-13-28-51(2)41-35-39(73(68,69)70)22-24-43(41)55(32-15-33-71(62,63)64)45(51)18-9-3-8-17-44(50)54/h3,8-9,17-18,21-24,34-35H,4-7,10-16,19-20,25-33,36H2,1-2H3,(H4-,52,53,58,59,62,63,64,65,66,67,68,69,70). The Hall–Kier alpha value is -5.39. The second-order valence-corrected chi connectivity index (χ2v) is 24.0. The van der Waals surface area contributed by atoms with Crippen LogP contribution in [0.1, 0.15) is 134 Å². The summed E-state index contributed by atoms with van der Waals surface area (Å²) in [6.45, 7) is 4.75. The third-order valence-electron chi connectivity index (χ3n) is 14.3. The van der Waals surface area contributed by atoms with E-state index in [1.807, 2.05) is 36.7 Å². The number of hydrogen-bond acceptors (Lipinski definition) is 13. The van der Waals surface area contributed by atoms with Crippen molar-refractivity contribution in [3.8, 4) is 0 Å². The highest BCUT2D eigenvalue weighted by atomic mass is 32.2. The van der Waals surface area contributed by atoms with Gasteiger partial charge in [-0.2, -0.15) is 21.4 Å². The Morgan fingerprint density at radius 1 is 0.740 bits per heavy atom. The van der Waals surface area contributed by atoms with Crippen LogP contribution in [0.4, 0.5) is 11.4 Å². The molecule has 398 valence electrons. The maximum absolute atomic E-state index is 12.8. The monoisotopic (exact) mass is 1070 g/mol. The molecule has 0 bridgehead atoms. The molecule has 0 radical (unpaired) electrons.